The lowest BCUT2D eigenvalue weighted by Gasteiger charge is -2.28. The van der Waals surface area contributed by atoms with E-state index in [4.69, 9.17) is 9.47 Å². The van der Waals surface area contributed by atoms with Crippen LogP contribution in [0.25, 0.3) is 0 Å². The molecule has 2 amide bonds. The van der Waals surface area contributed by atoms with Crippen molar-refractivity contribution in [3.05, 3.63) is 53.6 Å². The Hall–Kier alpha value is -3.06. The van der Waals surface area contributed by atoms with Gasteiger partial charge in [0.2, 0.25) is 11.8 Å². The highest BCUT2D eigenvalue weighted by atomic mass is 16.5. The summed E-state index contributed by atoms with van der Waals surface area (Å²) in [5, 5.41) is 2.81. The van der Waals surface area contributed by atoms with Gasteiger partial charge in [-0.2, -0.15) is 0 Å². The van der Waals surface area contributed by atoms with E-state index in [1.54, 1.807) is 21.3 Å². The second-order valence-corrected chi connectivity index (χ2v) is 7.35. The molecule has 0 saturated heterocycles. The summed E-state index contributed by atoms with van der Waals surface area (Å²) in [6, 6.07) is 12.8. The number of likely N-dealkylation sites (N-methyl/N-ethyl adjacent to an activating group) is 2. The van der Waals surface area contributed by atoms with E-state index in [-0.39, 0.29) is 18.4 Å². The summed E-state index contributed by atoms with van der Waals surface area (Å²) < 4.78 is 10.8. The Kier molecular flexibility index (Phi) is 8.24. The standard InChI is InChI=1S/C23H31N3O4/c1-16-10-12-19(13-11-16)24-21(27)15-26(4)23(28)17(2)25(3)14-18-8-7-9-20(29-5)22(18)30-6/h7-13,17H,14-15H2,1-6H3,(H,24,27)/t17-/m0/s1. The van der Waals surface area contributed by atoms with Gasteiger partial charge in [-0.15, -0.1) is 0 Å². The molecule has 1 atom stereocenters. The fraction of sp³-hybridized carbons (Fsp3) is 0.391. The molecule has 0 aliphatic carbocycles. The number of anilines is 1. The molecule has 1 N–H and O–H groups in total. The number of para-hydroxylation sites is 1. The predicted octanol–water partition coefficient (Wildman–Crippen LogP) is 2.93. The van der Waals surface area contributed by atoms with Crippen LogP contribution in [0.3, 0.4) is 0 Å². The number of carbonyl (C=O) groups excluding carboxylic acids is 2. The largest absolute Gasteiger partial charge is 0.493 e. The SMILES string of the molecule is COc1cccc(CN(C)[C@@H](C)C(=O)N(C)CC(=O)Nc2ccc(C)cc2)c1OC. The number of hydrogen-bond acceptors (Lipinski definition) is 5. The molecule has 30 heavy (non-hydrogen) atoms. The Labute approximate surface area is 178 Å². The van der Waals surface area contributed by atoms with Gasteiger partial charge in [-0.25, -0.2) is 0 Å². The van der Waals surface area contributed by atoms with Crippen molar-refractivity contribution in [2.45, 2.75) is 26.4 Å². The molecule has 0 unspecified atom stereocenters. The first-order valence-corrected chi connectivity index (χ1v) is 9.78. The molecule has 0 heterocycles. The van der Waals surface area contributed by atoms with Crippen LogP contribution in [0.15, 0.2) is 42.5 Å². The normalized spacial score (nSPS) is 11.7. The average molecular weight is 414 g/mol. The maximum Gasteiger partial charge on any atom is 0.243 e. The lowest BCUT2D eigenvalue weighted by molar-refractivity contribution is -0.137. The number of carbonyl (C=O) groups is 2. The van der Waals surface area contributed by atoms with E-state index in [2.05, 4.69) is 5.32 Å². The highest BCUT2D eigenvalue weighted by Gasteiger charge is 2.24. The number of benzene rings is 2. The Balaban J connectivity index is 1.96. The molecule has 162 valence electrons. The number of methoxy groups -OCH3 is 2. The topological polar surface area (TPSA) is 71.1 Å². The van der Waals surface area contributed by atoms with Gasteiger partial charge in [0.1, 0.15) is 0 Å². The van der Waals surface area contributed by atoms with Crippen molar-refractivity contribution >= 4 is 17.5 Å². The van der Waals surface area contributed by atoms with Gasteiger partial charge in [-0.05, 0) is 39.1 Å². The molecule has 2 aromatic carbocycles. The zero-order valence-corrected chi connectivity index (χ0v) is 18.6. The first-order valence-electron chi connectivity index (χ1n) is 9.78. The maximum atomic E-state index is 12.8. The van der Waals surface area contributed by atoms with E-state index >= 15 is 0 Å². The minimum absolute atomic E-state index is 0.0205. The third-order valence-electron chi connectivity index (χ3n) is 5.02. The van der Waals surface area contributed by atoms with Gasteiger partial charge in [0.25, 0.3) is 0 Å². The molecular formula is C23H31N3O4. The minimum atomic E-state index is -0.418. The Morgan fingerprint density at radius 1 is 1.03 bits per heavy atom. The molecule has 7 nitrogen and oxygen atoms in total. The Bertz CT molecular complexity index is 867. The molecule has 2 aromatic rings. The van der Waals surface area contributed by atoms with Crippen molar-refractivity contribution in [3.8, 4) is 11.5 Å². The van der Waals surface area contributed by atoms with Gasteiger partial charge < -0.3 is 19.7 Å². The van der Waals surface area contributed by atoms with Gasteiger partial charge in [-0.3, -0.25) is 14.5 Å². The molecule has 0 bridgehead atoms. The fourth-order valence-electron chi connectivity index (χ4n) is 3.12. The van der Waals surface area contributed by atoms with Crippen molar-refractivity contribution in [3.63, 3.8) is 0 Å². The second-order valence-electron chi connectivity index (χ2n) is 7.35. The smallest absolute Gasteiger partial charge is 0.243 e. The monoisotopic (exact) mass is 413 g/mol. The van der Waals surface area contributed by atoms with Crippen molar-refractivity contribution in [1.82, 2.24) is 9.80 Å². The first-order chi connectivity index (χ1) is 14.3. The second kappa shape index (κ2) is 10.6. The summed E-state index contributed by atoms with van der Waals surface area (Å²) in [5.74, 6) is 0.919. The predicted molar refractivity (Wildman–Crippen MR) is 118 cm³/mol. The molecule has 0 aliphatic heterocycles. The van der Waals surface area contributed by atoms with Gasteiger partial charge in [0.15, 0.2) is 11.5 Å². The van der Waals surface area contributed by atoms with Crippen LogP contribution < -0.4 is 14.8 Å². The van der Waals surface area contributed by atoms with E-state index < -0.39 is 6.04 Å². The van der Waals surface area contributed by atoms with E-state index in [1.165, 1.54) is 4.90 Å². The number of amides is 2. The summed E-state index contributed by atoms with van der Waals surface area (Å²) in [5.41, 5.74) is 2.74. The van der Waals surface area contributed by atoms with Crippen LogP contribution in [0.1, 0.15) is 18.1 Å². The maximum absolute atomic E-state index is 12.8. The molecule has 0 saturated carbocycles. The molecule has 0 aliphatic rings. The third kappa shape index (κ3) is 5.97. The molecule has 7 heteroatoms. The Morgan fingerprint density at radius 2 is 1.70 bits per heavy atom. The third-order valence-corrected chi connectivity index (χ3v) is 5.02. The lowest BCUT2D eigenvalue weighted by Crippen LogP contribution is -2.46. The van der Waals surface area contributed by atoms with Crippen LogP contribution in [-0.2, 0) is 16.1 Å². The summed E-state index contributed by atoms with van der Waals surface area (Å²) in [7, 11) is 6.68. The van der Waals surface area contributed by atoms with Gasteiger partial charge in [-0.1, -0.05) is 29.8 Å². The number of nitrogens with one attached hydrogen (secondary N) is 1. The van der Waals surface area contributed by atoms with Crippen LogP contribution in [0.2, 0.25) is 0 Å². The molecular weight excluding hydrogens is 382 g/mol. The summed E-state index contributed by atoms with van der Waals surface area (Å²) in [6.45, 7) is 4.28. The van der Waals surface area contributed by atoms with Gasteiger partial charge in [0, 0.05) is 24.8 Å². The number of hydrogen-bond donors (Lipinski definition) is 1. The number of nitrogens with zero attached hydrogens (tertiary/aromatic N) is 2. The number of ether oxygens (including phenoxy) is 2. The van der Waals surface area contributed by atoms with Crippen molar-refractivity contribution in [2.24, 2.45) is 0 Å². The van der Waals surface area contributed by atoms with Crippen molar-refractivity contribution < 1.29 is 19.1 Å². The fourth-order valence-corrected chi connectivity index (χ4v) is 3.12. The number of rotatable bonds is 9. The van der Waals surface area contributed by atoms with Gasteiger partial charge >= 0.3 is 0 Å². The van der Waals surface area contributed by atoms with E-state index in [1.807, 2.05) is 68.3 Å². The minimum Gasteiger partial charge on any atom is -0.493 e. The van der Waals surface area contributed by atoms with Crippen LogP contribution in [0.5, 0.6) is 11.5 Å². The highest BCUT2D eigenvalue weighted by Crippen LogP contribution is 2.31. The highest BCUT2D eigenvalue weighted by molar-refractivity contribution is 5.95. The first kappa shape index (κ1) is 23.2. The molecule has 0 aromatic heterocycles. The summed E-state index contributed by atoms with van der Waals surface area (Å²) >= 11 is 0. The van der Waals surface area contributed by atoms with Crippen LogP contribution >= 0.6 is 0 Å². The van der Waals surface area contributed by atoms with Crippen LogP contribution in [-0.4, -0.2) is 62.5 Å². The summed E-state index contributed by atoms with van der Waals surface area (Å²) in [4.78, 5) is 28.5. The molecule has 0 spiro atoms. The molecule has 0 radical (unpaired) electrons. The average Bonchev–Trinajstić information content (AvgIpc) is 2.73. The zero-order valence-electron chi connectivity index (χ0n) is 18.6. The quantitative estimate of drug-likeness (QED) is 0.684. The lowest BCUT2D eigenvalue weighted by atomic mass is 10.1. The van der Waals surface area contributed by atoms with E-state index in [0.717, 1.165) is 11.1 Å². The van der Waals surface area contributed by atoms with Crippen molar-refractivity contribution in [1.29, 1.82) is 0 Å². The molecule has 0 fully saturated rings. The summed E-state index contributed by atoms with van der Waals surface area (Å²) in [6.07, 6.45) is 0. The Morgan fingerprint density at radius 3 is 2.30 bits per heavy atom. The van der Waals surface area contributed by atoms with E-state index in [0.29, 0.717) is 23.7 Å². The zero-order chi connectivity index (χ0) is 22.3. The number of aryl methyl sites for hydroxylation is 1. The van der Waals surface area contributed by atoms with E-state index in [9.17, 15) is 9.59 Å². The van der Waals surface area contributed by atoms with Crippen LogP contribution in [0, 0.1) is 6.92 Å². The van der Waals surface area contributed by atoms with Crippen LogP contribution in [0.4, 0.5) is 5.69 Å². The molecule has 2 rings (SSSR count). The van der Waals surface area contributed by atoms with Gasteiger partial charge in [0.05, 0.1) is 26.8 Å². The van der Waals surface area contributed by atoms with Crippen molar-refractivity contribution in [2.75, 3.05) is 40.2 Å².